The number of benzene rings is 1. The van der Waals surface area contributed by atoms with Crippen LogP contribution in [-0.4, -0.2) is 140 Å². The molecule has 70 heavy (non-hydrogen) atoms. The summed E-state index contributed by atoms with van der Waals surface area (Å²) in [7, 11) is 2.13. The number of aldehydes is 1. The third kappa shape index (κ3) is 14.4. The third-order valence-corrected chi connectivity index (χ3v) is 16.8. The van der Waals surface area contributed by atoms with Gasteiger partial charge >= 0.3 is 0 Å². The Morgan fingerprint density at radius 2 is 1.71 bits per heavy atom. The molecular weight excluding hydrogens is 907 g/mol. The number of aliphatic hydroxyl groups is 2. The van der Waals surface area contributed by atoms with Gasteiger partial charge in [-0.2, -0.15) is 0 Å². The molecule has 15 heteroatoms. The van der Waals surface area contributed by atoms with Crippen LogP contribution in [0.15, 0.2) is 53.6 Å². The van der Waals surface area contributed by atoms with Gasteiger partial charge in [-0.3, -0.25) is 14.4 Å². The van der Waals surface area contributed by atoms with Crippen molar-refractivity contribution in [2.24, 2.45) is 34.5 Å². The number of rotatable bonds is 27. The molecule has 4 N–H and O–H groups in total. The number of carbonyl (C=O) groups is 4. The Labute approximate surface area is 421 Å². The van der Waals surface area contributed by atoms with E-state index in [1.54, 1.807) is 11.3 Å². The topological polar surface area (TPSA) is 180 Å². The molecule has 6 rings (SSSR count). The Kier molecular flexibility index (Phi) is 20.8. The first-order valence-electron chi connectivity index (χ1n) is 26.0. The fourth-order valence-electron chi connectivity index (χ4n) is 11.9. The minimum Gasteiger partial charge on any atom is -0.393 e. The van der Waals surface area contributed by atoms with E-state index in [-0.39, 0.29) is 55.9 Å². The number of likely N-dealkylation sites (N-methyl/N-ethyl adjacent to an activating group) is 1. The number of ether oxygens (including phenoxy) is 3. The SMILES string of the molecule is C=CC1=C(CC=O)CC(CCCCCN(C)CCOCCOCCOCCC(=O)NC(C(=O)N2CC(O)CC2C(=O)NCc2ccc(-c3scnc3C)cc2)C(C)(C)C)C2C1CCC1(C)C(O)CCC21. The maximum absolute atomic E-state index is 14.0. The van der Waals surface area contributed by atoms with Gasteiger partial charge in [-0.25, -0.2) is 4.98 Å². The average Bonchev–Trinajstić information content (AvgIpc) is 4.04. The molecule has 0 bridgehead atoms. The van der Waals surface area contributed by atoms with E-state index in [2.05, 4.69) is 41.1 Å². The molecule has 3 aliphatic carbocycles. The van der Waals surface area contributed by atoms with E-state index < -0.39 is 29.5 Å². The number of amides is 3. The van der Waals surface area contributed by atoms with Crippen molar-refractivity contribution in [1.82, 2.24) is 25.4 Å². The van der Waals surface area contributed by atoms with E-state index in [0.717, 1.165) is 79.6 Å². The van der Waals surface area contributed by atoms with Crippen LogP contribution in [0.4, 0.5) is 0 Å². The molecule has 1 aliphatic heterocycles. The lowest BCUT2D eigenvalue weighted by molar-refractivity contribution is -0.144. The number of aryl methyl sites for hydroxylation is 1. The lowest BCUT2D eigenvalue weighted by Gasteiger charge is -2.53. The number of likely N-dealkylation sites (tertiary alicyclic amines) is 1. The number of unbranched alkanes of at least 4 members (excludes halogenated alkanes) is 2. The van der Waals surface area contributed by atoms with Crippen molar-refractivity contribution in [3.05, 3.63) is 64.8 Å². The molecule has 2 saturated carbocycles. The normalized spacial score (nSPS) is 26.0. The second kappa shape index (κ2) is 26.2. The first kappa shape index (κ1) is 55.5. The minimum absolute atomic E-state index is 0.00684. The highest BCUT2D eigenvalue weighted by Gasteiger charge is 2.56. The summed E-state index contributed by atoms with van der Waals surface area (Å²) in [6.07, 6.45) is 12.5. The summed E-state index contributed by atoms with van der Waals surface area (Å²) in [4.78, 5) is 61.3. The van der Waals surface area contributed by atoms with E-state index in [1.165, 1.54) is 35.3 Å². The maximum Gasteiger partial charge on any atom is 0.246 e. The highest BCUT2D eigenvalue weighted by molar-refractivity contribution is 7.13. The molecule has 4 aliphatic rings. The molecule has 2 heterocycles. The van der Waals surface area contributed by atoms with Crippen LogP contribution >= 0.6 is 11.3 Å². The first-order chi connectivity index (χ1) is 33.5. The Morgan fingerprint density at radius 1 is 1.00 bits per heavy atom. The molecule has 3 fully saturated rings. The van der Waals surface area contributed by atoms with Crippen molar-refractivity contribution in [3.8, 4) is 10.4 Å². The zero-order chi connectivity index (χ0) is 50.4. The van der Waals surface area contributed by atoms with Gasteiger partial charge in [-0.1, -0.05) is 83.0 Å². The number of thiazole rings is 1. The summed E-state index contributed by atoms with van der Waals surface area (Å²) in [5.74, 6) is 1.04. The molecule has 1 aromatic carbocycles. The van der Waals surface area contributed by atoms with Crippen molar-refractivity contribution in [1.29, 1.82) is 0 Å². The van der Waals surface area contributed by atoms with Gasteiger partial charge in [0.05, 0.1) is 67.9 Å². The van der Waals surface area contributed by atoms with E-state index in [1.807, 2.05) is 63.5 Å². The summed E-state index contributed by atoms with van der Waals surface area (Å²) >= 11 is 1.58. The molecule has 0 spiro atoms. The number of hydrogen-bond donors (Lipinski definition) is 4. The van der Waals surface area contributed by atoms with Gasteiger partial charge in [-0.05, 0) is 117 Å². The van der Waals surface area contributed by atoms with Gasteiger partial charge in [0.15, 0.2) is 0 Å². The Bertz CT molecular complexity index is 2070. The molecule has 3 amide bonds. The van der Waals surface area contributed by atoms with Gasteiger partial charge in [0.25, 0.3) is 0 Å². The molecule has 14 nitrogen and oxygen atoms in total. The number of fused-ring (bicyclic) bond motifs is 3. The van der Waals surface area contributed by atoms with Crippen LogP contribution in [0.2, 0.25) is 0 Å². The van der Waals surface area contributed by atoms with Crippen LogP contribution in [0.3, 0.4) is 0 Å². The Hall–Kier alpha value is -3.83. The number of aliphatic hydroxyl groups excluding tert-OH is 2. The smallest absolute Gasteiger partial charge is 0.246 e. The lowest BCUT2D eigenvalue weighted by atomic mass is 9.52. The van der Waals surface area contributed by atoms with Crippen LogP contribution in [0, 0.1) is 41.4 Å². The number of hydrogen-bond acceptors (Lipinski definition) is 12. The van der Waals surface area contributed by atoms with Crippen molar-refractivity contribution in [2.45, 2.75) is 143 Å². The fraction of sp³-hybridized carbons (Fsp3) is 0.691. The number of nitrogens with zero attached hydrogens (tertiary/aromatic N) is 3. The monoisotopic (exact) mass is 990 g/mol. The predicted octanol–water partition coefficient (Wildman–Crippen LogP) is 7.05. The zero-order valence-corrected chi connectivity index (χ0v) is 43.7. The highest BCUT2D eigenvalue weighted by atomic mass is 32.1. The fourth-order valence-corrected chi connectivity index (χ4v) is 12.7. The summed E-state index contributed by atoms with van der Waals surface area (Å²) in [6, 6.07) is 6.13. The number of carbonyl (C=O) groups excluding carboxylic acids is 4. The molecule has 2 aromatic rings. The largest absolute Gasteiger partial charge is 0.393 e. The molecule has 1 saturated heterocycles. The van der Waals surface area contributed by atoms with Gasteiger partial charge in [0.2, 0.25) is 17.7 Å². The summed E-state index contributed by atoms with van der Waals surface area (Å²) < 4.78 is 17.2. The van der Waals surface area contributed by atoms with Crippen molar-refractivity contribution < 1.29 is 43.6 Å². The first-order valence-corrected chi connectivity index (χ1v) is 26.9. The Balaban J connectivity index is 0.803. The molecule has 9 unspecified atom stereocenters. The number of nitrogens with one attached hydrogen (secondary N) is 2. The van der Waals surface area contributed by atoms with Gasteiger partial charge in [-0.15, -0.1) is 11.3 Å². The quantitative estimate of drug-likeness (QED) is 0.0532. The molecule has 1 aromatic heterocycles. The predicted molar refractivity (Wildman–Crippen MR) is 274 cm³/mol. The molecule has 388 valence electrons. The van der Waals surface area contributed by atoms with E-state index in [9.17, 15) is 29.4 Å². The zero-order valence-electron chi connectivity index (χ0n) is 42.9. The van der Waals surface area contributed by atoms with Gasteiger partial charge in [0, 0.05) is 38.9 Å². The standard InChI is InChI=1S/C55H83N5O9S/c1-8-43-40(20-25-61)32-41(49-44(43)19-22-55(6)45(49)17-18-47(55)63)12-10-9-11-23-59(7)24-27-68-29-31-69-30-28-67-26-21-48(64)58-51(54(3,4)5)53(66)60-35-42(62)33-46(60)52(65)56-34-38-13-15-39(16-14-38)50-37(2)57-36-70-50/h8,13-16,25,36,41-42,44-47,49,51,62-63H,1,9-12,17-24,26-35H2,2-7H3,(H,56,65)(H,58,64). The summed E-state index contributed by atoms with van der Waals surface area (Å²) in [6.45, 7) is 18.5. The van der Waals surface area contributed by atoms with Crippen LogP contribution in [-0.2, 0) is 39.9 Å². The average molecular weight is 990 g/mol. The van der Waals surface area contributed by atoms with E-state index >= 15 is 0 Å². The maximum atomic E-state index is 14.0. The summed E-state index contributed by atoms with van der Waals surface area (Å²) in [5, 5.41) is 27.4. The van der Waals surface area contributed by atoms with Gasteiger partial charge in [0.1, 0.15) is 18.4 Å². The highest BCUT2D eigenvalue weighted by Crippen LogP contribution is 2.62. The van der Waals surface area contributed by atoms with Crippen molar-refractivity contribution >= 4 is 35.3 Å². The van der Waals surface area contributed by atoms with Crippen LogP contribution in [0.25, 0.3) is 10.4 Å². The third-order valence-electron chi connectivity index (χ3n) is 15.9. The van der Waals surface area contributed by atoms with Gasteiger partial charge < -0.3 is 49.7 Å². The van der Waals surface area contributed by atoms with Crippen molar-refractivity contribution in [2.75, 3.05) is 66.3 Å². The van der Waals surface area contributed by atoms with Crippen molar-refractivity contribution in [3.63, 3.8) is 0 Å². The van der Waals surface area contributed by atoms with Crippen LogP contribution < -0.4 is 10.6 Å². The van der Waals surface area contributed by atoms with E-state index in [4.69, 9.17) is 14.2 Å². The summed E-state index contributed by atoms with van der Waals surface area (Å²) in [5.41, 5.74) is 6.74. The number of β-amino-alcohol motifs (C(OH)–C–C–N with tert-alkyl or cyclic N) is 1. The second-order valence-electron chi connectivity index (χ2n) is 21.7. The minimum atomic E-state index is -0.913. The van der Waals surface area contributed by atoms with Crippen LogP contribution in [0.1, 0.15) is 116 Å². The van der Waals surface area contributed by atoms with E-state index in [0.29, 0.717) is 63.1 Å². The number of aromatic nitrogens is 1. The lowest BCUT2D eigenvalue weighted by Crippen LogP contribution is -2.57. The molecular formula is C55H83N5O9S. The molecule has 0 radical (unpaired) electrons. The molecule has 9 atom stereocenters. The number of allylic oxidation sites excluding steroid dienone is 3. The van der Waals surface area contributed by atoms with Crippen LogP contribution in [0.5, 0.6) is 0 Å². The Morgan fingerprint density at radius 3 is 2.39 bits per heavy atom. The second-order valence-corrected chi connectivity index (χ2v) is 22.6.